The van der Waals surface area contributed by atoms with Crippen LogP contribution in [0.1, 0.15) is 18.1 Å². The molecule has 1 aromatic heterocycles. The molecular formula is C20H20Cl2N2O2S. The molecule has 0 radical (unpaired) electrons. The van der Waals surface area contributed by atoms with Gasteiger partial charge in [-0.2, -0.15) is 0 Å². The van der Waals surface area contributed by atoms with E-state index in [1.54, 1.807) is 6.92 Å². The summed E-state index contributed by atoms with van der Waals surface area (Å²) >= 11 is 6.61. The highest BCUT2D eigenvalue weighted by atomic mass is 35.5. The number of benzene rings is 2. The fourth-order valence-corrected chi connectivity index (χ4v) is 4.92. The van der Waals surface area contributed by atoms with Gasteiger partial charge in [-0.25, -0.2) is 13.4 Å². The Morgan fingerprint density at radius 2 is 1.93 bits per heavy atom. The molecule has 0 aliphatic carbocycles. The molecule has 142 valence electrons. The van der Waals surface area contributed by atoms with Crippen LogP contribution >= 0.6 is 24.0 Å². The molecule has 0 spiro atoms. The Bertz CT molecular complexity index is 1130. The second-order valence-electron chi connectivity index (χ2n) is 6.48. The molecule has 0 bridgehead atoms. The first-order valence-corrected chi connectivity index (χ1v) is 10.6. The fourth-order valence-electron chi connectivity index (χ4n) is 3.51. The first kappa shape index (κ1) is 19.9. The third-order valence-electron chi connectivity index (χ3n) is 4.98. The van der Waals surface area contributed by atoms with Gasteiger partial charge in [0, 0.05) is 17.5 Å². The van der Waals surface area contributed by atoms with E-state index in [9.17, 15) is 8.42 Å². The van der Waals surface area contributed by atoms with Gasteiger partial charge in [0.15, 0.2) is 0 Å². The maximum atomic E-state index is 12.3. The largest absolute Gasteiger partial charge is 0.270 e. The lowest BCUT2D eigenvalue weighted by molar-refractivity contribution is 0.593. The summed E-state index contributed by atoms with van der Waals surface area (Å²) in [5.74, 6) is 0.103. The number of fused-ring (bicyclic) bond motifs is 2. The van der Waals surface area contributed by atoms with Gasteiger partial charge >= 0.3 is 0 Å². The summed E-state index contributed by atoms with van der Waals surface area (Å²) in [7, 11) is -3.24. The Balaban J connectivity index is 0.00000210. The van der Waals surface area contributed by atoms with Crippen molar-refractivity contribution in [1.29, 1.82) is 0 Å². The van der Waals surface area contributed by atoms with Crippen LogP contribution in [0.25, 0.3) is 22.2 Å². The molecule has 0 N–H and O–H groups in total. The van der Waals surface area contributed by atoms with Gasteiger partial charge in [0.2, 0.25) is 10.0 Å². The van der Waals surface area contributed by atoms with E-state index in [0.29, 0.717) is 18.0 Å². The van der Waals surface area contributed by atoms with Crippen molar-refractivity contribution in [2.45, 2.75) is 20.3 Å². The summed E-state index contributed by atoms with van der Waals surface area (Å²) in [5.41, 5.74) is 5.34. The number of para-hydroxylation sites is 1. The highest BCUT2D eigenvalue weighted by Crippen LogP contribution is 2.37. The van der Waals surface area contributed by atoms with Crippen LogP contribution in [-0.4, -0.2) is 25.7 Å². The number of nitrogens with zero attached hydrogens (tertiary/aromatic N) is 2. The minimum Gasteiger partial charge on any atom is -0.270 e. The molecule has 2 heterocycles. The number of rotatable bonds is 3. The summed E-state index contributed by atoms with van der Waals surface area (Å²) in [4.78, 5) is 4.75. The van der Waals surface area contributed by atoms with Crippen LogP contribution in [0.5, 0.6) is 0 Å². The van der Waals surface area contributed by atoms with Gasteiger partial charge < -0.3 is 0 Å². The molecule has 0 saturated heterocycles. The number of halogens is 2. The number of aryl methyl sites for hydroxylation is 1. The zero-order valence-electron chi connectivity index (χ0n) is 15.1. The van der Waals surface area contributed by atoms with E-state index < -0.39 is 10.0 Å². The third-order valence-corrected chi connectivity index (χ3v) is 7.23. The Kier molecular flexibility index (Phi) is 5.39. The maximum Gasteiger partial charge on any atom is 0.234 e. The lowest BCUT2D eigenvalue weighted by Crippen LogP contribution is -2.30. The van der Waals surface area contributed by atoms with Crippen molar-refractivity contribution in [2.24, 2.45) is 0 Å². The van der Waals surface area contributed by atoms with Crippen molar-refractivity contribution >= 4 is 50.6 Å². The Labute approximate surface area is 170 Å². The predicted molar refractivity (Wildman–Crippen MR) is 115 cm³/mol. The van der Waals surface area contributed by atoms with E-state index in [-0.39, 0.29) is 18.2 Å². The molecule has 4 nitrogen and oxygen atoms in total. The fraction of sp³-hybridized carbons (Fsp3) is 0.250. The van der Waals surface area contributed by atoms with Gasteiger partial charge in [0.25, 0.3) is 0 Å². The molecule has 4 rings (SSSR count). The summed E-state index contributed by atoms with van der Waals surface area (Å²) in [6.07, 6.45) is 0.701. The predicted octanol–water partition coefficient (Wildman–Crippen LogP) is 5.00. The lowest BCUT2D eigenvalue weighted by Gasteiger charge is -2.18. The maximum absolute atomic E-state index is 12.3. The number of pyridine rings is 1. The normalized spacial score (nSPS) is 13.5. The van der Waals surface area contributed by atoms with Crippen molar-refractivity contribution < 1.29 is 8.42 Å². The Hall–Kier alpha value is -1.82. The monoisotopic (exact) mass is 422 g/mol. The average Bonchev–Trinajstić information content (AvgIpc) is 3.08. The zero-order chi connectivity index (χ0) is 18.5. The smallest absolute Gasteiger partial charge is 0.234 e. The van der Waals surface area contributed by atoms with Gasteiger partial charge in [-0.15, -0.1) is 12.4 Å². The second-order valence-corrected chi connectivity index (χ2v) is 9.04. The van der Waals surface area contributed by atoms with Crippen molar-refractivity contribution in [3.8, 4) is 11.3 Å². The minimum absolute atomic E-state index is 0. The number of anilines is 1. The van der Waals surface area contributed by atoms with Crippen LogP contribution in [0.3, 0.4) is 0 Å². The molecule has 27 heavy (non-hydrogen) atoms. The highest BCUT2D eigenvalue weighted by Gasteiger charge is 2.28. The molecular weight excluding hydrogens is 403 g/mol. The molecule has 3 aromatic rings. The molecule has 1 aliphatic heterocycles. The summed E-state index contributed by atoms with van der Waals surface area (Å²) in [5, 5.41) is 1.68. The van der Waals surface area contributed by atoms with E-state index in [2.05, 4.69) is 0 Å². The second kappa shape index (κ2) is 7.30. The lowest BCUT2D eigenvalue weighted by atomic mass is 10.0. The van der Waals surface area contributed by atoms with Crippen LogP contribution in [0.2, 0.25) is 5.02 Å². The molecule has 1 aliphatic rings. The summed E-state index contributed by atoms with van der Waals surface area (Å²) < 4.78 is 26.0. The summed E-state index contributed by atoms with van der Waals surface area (Å²) in [6.45, 7) is 4.16. The Morgan fingerprint density at radius 3 is 2.67 bits per heavy atom. The zero-order valence-corrected chi connectivity index (χ0v) is 17.5. The molecule has 0 atom stereocenters. The van der Waals surface area contributed by atoms with Gasteiger partial charge in [-0.3, -0.25) is 4.31 Å². The first-order chi connectivity index (χ1) is 12.4. The average molecular weight is 423 g/mol. The minimum atomic E-state index is -3.24. The highest BCUT2D eigenvalue weighted by molar-refractivity contribution is 7.92. The van der Waals surface area contributed by atoms with E-state index in [4.69, 9.17) is 16.6 Å². The Morgan fingerprint density at radius 1 is 1.19 bits per heavy atom. The molecule has 0 unspecified atom stereocenters. The molecule has 0 amide bonds. The number of aromatic nitrogens is 1. The number of hydrogen-bond donors (Lipinski definition) is 0. The van der Waals surface area contributed by atoms with Crippen molar-refractivity contribution in [2.75, 3.05) is 16.6 Å². The topological polar surface area (TPSA) is 50.3 Å². The van der Waals surface area contributed by atoms with Crippen LogP contribution in [0.15, 0.2) is 42.5 Å². The van der Waals surface area contributed by atoms with Crippen LogP contribution in [0.4, 0.5) is 5.69 Å². The van der Waals surface area contributed by atoms with E-state index >= 15 is 0 Å². The van der Waals surface area contributed by atoms with Crippen LogP contribution < -0.4 is 4.31 Å². The third kappa shape index (κ3) is 3.28. The molecule has 2 aromatic carbocycles. The van der Waals surface area contributed by atoms with E-state index in [1.807, 2.05) is 49.4 Å². The number of hydrogen-bond acceptors (Lipinski definition) is 3. The van der Waals surface area contributed by atoms with Gasteiger partial charge in [-0.05, 0) is 49.6 Å². The van der Waals surface area contributed by atoms with E-state index in [1.165, 1.54) is 4.31 Å². The quantitative estimate of drug-likeness (QED) is 0.596. The van der Waals surface area contributed by atoms with Crippen molar-refractivity contribution in [3.63, 3.8) is 0 Å². The number of sulfonamides is 1. The van der Waals surface area contributed by atoms with Gasteiger partial charge in [0.1, 0.15) is 0 Å². The SMILES string of the molecule is CCS(=O)(=O)N1CCc2cc(-c3nc4ccccc4c(C)c3Cl)ccc21.Cl. The van der Waals surface area contributed by atoms with Gasteiger partial charge in [0.05, 0.1) is 27.7 Å². The molecule has 0 fully saturated rings. The van der Waals surface area contributed by atoms with Crippen molar-refractivity contribution in [3.05, 3.63) is 58.6 Å². The molecule has 0 saturated carbocycles. The van der Waals surface area contributed by atoms with Crippen molar-refractivity contribution in [1.82, 2.24) is 4.98 Å². The van der Waals surface area contributed by atoms with Crippen LogP contribution in [0, 0.1) is 6.92 Å². The molecule has 7 heteroatoms. The first-order valence-electron chi connectivity index (χ1n) is 8.61. The van der Waals surface area contributed by atoms with Gasteiger partial charge in [-0.1, -0.05) is 35.9 Å². The van der Waals surface area contributed by atoms with E-state index in [0.717, 1.165) is 39.0 Å². The van der Waals surface area contributed by atoms with Crippen LogP contribution in [-0.2, 0) is 16.4 Å². The summed E-state index contributed by atoms with van der Waals surface area (Å²) in [6, 6.07) is 13.7. The standard InChI is InChI=1S/C20H19ClN2O2S.ClH/c1-3-26(24,25)23-11-10-14-12-15(8-9-18(14)23)20-19(21)13(2)16-6-4-5-7-17(16)22-20;/h4-9,12H,3,10-11H2,1-2H3;1H.